The van der Waals surface area contributed by atoms with Crippen LogP contribution in [-0.2, 0) is 23.0 Å². The van der Waals surface area contributed by atoms with Crippen LogP contribution in [0.4, 0.5) is 5.69 Å². The molecule has 1 unspecified atom stereocenters. The van der Waals surface area contributed by atoms with Crippen molar-refractivity contribution in [2.75, 3.05) is 11.3 Å². The third-order valence-corrected chi connectivity index (χ3v) is 6.52. The number of benzene rings is 2. The molecule has 3 aromatic rings. The van der Waals surface area contributed by atoms with Gasteiger partial charge in [-0.05, 0) is 67.3 Å². The molecule has 30 heavy (non-hydrogen) atoms. The third kappa shape index (κ3) is 5.17. The molecule has 0 spiro atoms. The van der Waals surface area contributed by atoms with E-state index >= 15 is 0 Å². The van der Waals surface area contributed by atoms with E-state index in [1.54, 1.807) is 54.9 Å². The minimum absolute atomic E-state index is 0.114. The average Bonchev–Trinajstić information content (AvgIpc) is 2.77. The molecule has 1 aromatic heterocycles. The Labute approximate surface area is 177 Å². The molecule has 2 aromatic carbocycles. The lowest BCUT2D eigenvalue weighted by molar-refractivity contribution is 0.163. The van der Waals surface area contributed by atoms with E-state index in [1.165, 1.54) is 5.56 Å². The molecular formula is C23H25N3O3S. The van der Waals surface area contributed by atoms with E-state index in [9.17, 15) is 8.42 Å². The minimum Gasteiger partial charge on any atom is -0.490 e. The van der Waals surface area contributed by atoms with Gasteiger partial charge in [-0.1, -0.05) is 24.3 Å². The fourth-order valence-corrected chi connectivity index (χ4v) is 4.57. The standard InChI is InChI=1S/C23H25N3O3S/c27-30(28,22-4-2-1-3-5-22)26-20-8-6-19-7-9-21(29-23(19)16-20)12-15-25-17-18-10-13-24-14-11-18/h1-6,8,10-11,13-14,16,21,25-26H,7,9,12,15,17H2. The Morgan fingerprint density at radius 1 is 1.03 bits per heavy atom. The summed E-state index contributed by atoms with van der Waals surface area (Å²) in [5, 5.41) is 3.43. The normalized spacial score (nSPS) is 15.8. The zero-order valence-electron chi connectivity index (χ0n) is 16.6. The number of fused-ring (bicyclic) bond motifs is 1. The first kappa shape index (κ1) is 20.4. The van der Waals surface area contributed by atoms with E-state index in [0.29, 0.717) is 5.69 Å². The second-order valence-electron chi connectivity index (χ2n) is 7.34. The highest BCUT2D eigenvalue weighted by molar-refractivity contribution is 7.92. The Bertz CT molecular complexity index is 1070. The van der Waals surface area contributed by atoms with Gasteiger partial charge >= 0.3 is 0 Å². The van der Waals surface area contributed by atoms with Crippen LogP contribution in [0.3, 0.4) is 0 Å². The maximum Gasteiger partial charge on any atom is 0.261 e. The van der Waals surface area contributed by atoms with Crippen molar-refractivity contribution in [3.8, 4) is 5.75 Å². The van der Waals surface area contributed by atoms with Crippen molar-refractivity contribution in [1.82, 2.24) is 10.3 Å². The summed E-state index contributed by atoms with van der Waals surface area (Å²) in [6, 6.07) is 17.9. The molecule has 1 aliphatic rings. The first-order valence-corrected chi connectivity index (χ1v) is 11.6. The van der Waals surface area contributed by atoms with Crippen LogP contribution < -0.4 is 14.8 Å². The van der Waals surface area contributed by atoms with E-state index < -0.39 is 10.0 Å². The van der Waals surface area contributed by atoms with Gasteiger partial charge in [0, 0.05) is 25.0 Å². The second-order valence-corrected chi connectivity index (χ2v) is 9.02. The Kier molecular flexibility index (Phi) is 6.30. The second kappa shape index (κ2) is 9.28. The molecule has 4 rings (SSSR count). The van der Waals surface area contributed by atoms with Crippen molar-refractivity contribution >= 4 is 15.7 Å². The van der Waals surface area contributed by atoms with Crippen molar-refractivity contribution in [2.24, 2.45) is 0 Å². The highest BCUT2D eigenvalue weighted by atomic mass is 32.2. The van der Waals surface area contributed by atoms with Gasteiger partial charge in [0.25, 0.3) is 10.0 Å². The molecular weight excluding hydrogens is 398 g/mol. The van der Waals surface area contributed by atoms with Crippen LogP contribution in [0.1, 0.15) is 24.0 Å². The third-order valence-electron chi connectivity index (χ3n) is 5.12. The summed E-state index contributed by atoms with van der Waals surface area (Å²) in [4.78, 5) is 4.26. The van der Waals surface area contributed by atoms with Crippen molar-refractivity contribution in [2.45, 2.75) is 36.8 Å². The molecule has 2 heterocycles. The lowest BCUT2D eigenvalue weighted by Gasteiger charge is -2.27. The fraction of sp³-hybridized carbons (Fsp3) is 0.261. The zero-order valence-corrected chi connectivity index (χ0v) is 17.4. The number of aryl methyl sites for hydroxylation is 1. The van der Waals surface area contributed by atoms with Gasteiger partial charge in [-0.2, -0.15) is 0 Å². The van der Waals surface area contributed by atoms with Gasteiger partial charge in [0.15, 0.2) is 0 Å². The lowest BCUT2D eigenvalue weighted by Crippen LogP contribution is -2.27. The molecule has 156 valence electrons. The van der Waals surface area contributed by atoms with Crippen LogP contribution >= 0.6 is 0 Å². The maximum absolute atomic E-state index is 12.6. The van der Waals surface area contributed by atoms with Crippen LogP contribution in [0, 0.1) is 0 Å². The summed E-state index contributed by atoms with van der Waals surface area (Å²) in [5.74, 6) is 0.758. The van der Waals surface area contributed by atoms with Crippen LogP contribution in [0.15, 0.2) is 78.0 Å². The summed E-state index contributed by atoms with van der Waals surface area (Å²) < 4.78 is 33.9. The molecule has 2 N–H and O–H groups in total. The zero-order chi connectivity index (χ0) is 20.8. The number of sulfonamides is 1. The summed E-state index contributed by atoms with van der Waals surface area (Å²) in [5.41, 5.74) is 2.82. The minimum atomic E-state index is -3.62. The van der Waals surface area contributed by atoms with E-state index in [-0.39, 0.29) is 11.0 Å². The van der Waals surface area contributed by atoms with E-state index in [1.807, 2.05) is 18.2 Å². The molecule has 0 amide bonds. The molecule has 0 fully saturated rings. The van der Waals surface area contributed by atoms with E-state index in [0.717, 1.165) is 43.7 Å². The van der Waals surface area contributed by atoms with Crippen molar-refractivity contribution < 1.29 is 13.2 Å². The van der Waals surface area contributed by atoms with Gasteiger partial charge in [0.1, 0.15) is 11.9 Å². The van der Waals surface area contributed by atoms with Crippen molar-refractivity contribution in [1.29, 1.82) is 0 Å². The predicted molar refractivity (Wildman–Crippen MR) is 117 cm³/mol. The summed E-state index contributed by atoms with van der Waals surface area (Å²) in [6.07, 6.45) is 6.48. The molecule has 0 radical (unpaired) electrons. The Morgan fingerprint density at radius 3 is 2.63 bits per heavy atom. The van der Waals surface area contributed by atoms with Gasteiger partial charge in [-0.15, -0.1) is 0 Å². The largest absolute Gasteiger partial charge is 0.490 e. The number of hydrogen-bond donors (Lipinski definition) is 2. The molecule has 6 nitrogen and oxygen atoms in total. The molecule has 1 aliphatic heterocycles. The fourth-order valence-electron chi connectivity index (χ4n) is 3.50. The summed E-state index contributed by atoms with van der Waals surface area (Å²) in [6.45, 7) is 1.65. The Balaban J connectivity index is 1.34. The predicted octanol–water partition coefficient (Wildman–Crippen LogP) is 3.76. The number of aromatic nitrogens is 1. The van der Waals surface area contributed by atoms with Crippen molar-refractivity contribution in [3.05, 3.63) is 84.2 Å². The van der Waals surface area contributed by atoms with Gasteiger partial charge in [-0.3, -0.25) is 9.71 Å². The first-order chi connectivity index (χ1) is 14.6. The Morgan fingerprint density at radius 2 is 1.83 bits per heavy atom. The number of nitrogens with zero attached hydrogens (tertiary/aromatic N) is 1. The number of pyridine rings is 1. The molecule has 7 heteroatoms. The number of nitrogens with one attached hydrogen (secondary N) is 2. The number of rotatable bonds is 8. The lowest BCUT2D eigenvalue weighted by atomic mass is 10.00. The molecule has 0 saturated carbocycles. The van der Waals surface area contributed by atoms with Crippen LogP contribution in [0.25, 0.3) is 0 Å². The average molecular weight is 424 g/mol. The summed E-state index contributed by atoms with van der Waals surface area (Å²) >= 11 is 0. The smallest absolute Gasteiger partial charge is 0.261 e. The van der Waals surface area contributed by atoms with Gasteiger partial charge < -0.3 is 10.1 Å². The van der Waals surface area contributed by atoms with Gasteiger partial charge in [-0.25, -0.2) is 8.42 Å². The van der Waals surface area contributed by atoms with Crippen molar-refractivity contribution in [3.63, 3.8) is 0 Å². The molecule has 1 atom stereocenters. The SMILES string of the molecule is O=S(=O)(Nc1ccc2c(c1)OC(CCNCc1ccncc1)CC2)c1ccccc1. The number of hydrogen-bond acceptors (Lipinski definition) is 5. The number of ether oxygens (including phenoxy) is 1. The highest BCUT2D eigenvalue weighted by Crippen LogP contribution is 2.32. The summed E-state index contributed by atoms with van der Waals surface area (Å²) in [7, 11) is -3.62. The van der Waals surface area contributed by atoms with E-state index in [4.69, 9.17) is 4.74 Å². The maximum atomic E-state index is 12.6. The van der Waals surface area contributed by atoms with E-state index in [2.05, 4.69) is 15.0 Å². The highest BCUT2D eigenvalue weighted by Gasteiger charge is 2.21. The van der Waals surface area contributed by atoms with Gasteiger partial charge in [0.05, 0.1) is 10.6 Å². The monoisotopic (exact) mass is 423 g/mol. The Hall–Kier alpha value is -2.90. The quantitative estimate of drug-likeness (QED) is 0.540. The van der Waals surface area contributed by atoms with Crippen LogP contribution in [0.2, 0.25) is 0 Å². The number of anilines is 1. The van der Waals surface area contributed by atoms with Crippen LogP contribution in [-0.4, -0.2) is 26.1 Å². The molecule has 0 aliphatic carbocycles. The first-order valence-electron chi connectivity index (χ1n) is 10.1. The topological polar surface area (TPSA) is 80.3 Å². The van der Waals surface area contributed by atoms with Crippen LogP contribution in [0.5, 0.6) is 5.75 Å². The molecule has 0 bridgehead atoms. The van der Waals surface area contributed by atoms with Gasteiger partial charge in [0.2, 0.25) is 0 Å². The molecule has 0 saturated heterocycles.